The van der Waals surface area contributed by atoms with Gasteiger partial charge in [-0.3, -0.25) is 4.79 Å². The summed E-state index contributed by atoms with van der Waals surface area (Å²) in [5.41, 5.74) is -0.182. The topological polar surface area (TPSA) is 70.0 Å². The van der Waals surface area contributed by atoms with E-state index in [0.29, 0.717) is 47.0 Å². The number of hydrogen-bond donors (Lipinski definition) is 0. The van der Waals surface area contributed by atoms with Crippen LogP contribution >= 0.6 is 0 Å². The Balaban J connectivity index is 2.59. The molecule has 0 atom stereocenters. The van der Waals surface area contributed by atoms with Crippen molar-refractivity contribution < 1.29 is 19.0 Å². The number of carbonyl (C=O) groups is 1. The second kappa shape index (κ2) is 8.12. The van der Waals surface area contributed by atoms with E-state index in [0.717, 1.165) is 0 Å². The molecular weight excluding hydrogens is 336 g/mol. The number of carbonyl (C=O) groups excluding carboxylic acids is 1. The Kier molecular flexibility index (Phi) is 6.13. The molecule has 0 aliphatic carbocycles. The van der Waals surface area contributed by atoms with Crippen molar-refractivity contribution in [3.8, 4) is 17.2 Å². The lowest BCUT2D eigenvalue weighted by atomic mass is 10.1. The first-order valence-electron chi connectivity index (χ1n) is 8.54. The van der Waals surface area contributed by atoms with Crippen molar-refractivity contribution in [2.75, 3.05) is 27.8 Å². The summed E-state index contributed by atoms with van der Waals surface area (Å²) >= 11 is 0. The highest BCUT2D eigenvalue weighted by molar-refractivity contribution is 5.92. The monoisotopic (exact) mass is 362 g/mol. The van der Waals surface area contributed by atoms with Gasteiger partial charge in [-0.15, -0.1) is 0 Å². The lowest BCUT2D eigenvalue weighted by Crippen LogP contribution is -2.33. The number of benzene rings is 1. The molecule has 0 N–H and O–H groups in total. The number of ether oxygens (including phenoxy) is 3. The molecule has 0 radical (unpaired) electrons. The maximum atomic E-state index is 12.7. The van der Waals surface area contributed by atoms with Crippen molar-refractivity contribution in [2.24, 2.45) is 5.92 Å². The molecule has 26 heavy (non-hydrogen) atoms. The number of aryl methyl sites for hydroxylation is 1. The molecule has 7 heteroatoms. The Hall–Kier alpha value is -2.70. The Morgan fingerprint density at radius 1 is 1.12 bits per heavy atom. The van der Waals surface area contributed by atoms with E-state index in [9.17, 15) is 9.59 Å². The first-order valence-corrected chi connectivity index (χ1v) is 8.54. The molecule has 1 aromatic heterocycles. The van der Waals surface area contributed by atoms with Crippen molar-refractivity contribution in [2.45, 2.75) is 27.3 Å². The second-order valence-electron chi connectivity index (χ2n) is 6.48. The summed E-state index contributed by atoms with van der Waals surface area (Å²) in [6.45, 7) is 6.92. The predicted molar refractivity (Wildman–Crippen MR) is 100 cm³/mol. The maximum Gasteiger partial charge on any atom is 0.415 e. The second-order valence-corrected chi connectivity index (χ2v) is 6.48. The molecule has 0 unspecified atom stereocenters. The van der Waals surface area contributed by atoms with Crippen LogP contribution in [-0.4, -0.2) is 43.4 Å². The van der Waals surface area contributed by atoms with E-state index >= 15 is 0 Å². The maximum absolute atomic E-state index is 12.7. The number of rotatable bonds is 6. The van der Waals surface area contributed by atoms with Crippen LogP contribution in [0.3, 0.4) is 0 Å². The van der Waals surface area contributed by atoms with Gasteiger partial charge in [-0.1, -0.05) is 13.8 Å². The highest BCUT2D eigenvalue weighted by atomic mass is 16.6. The van der Waals surface area contributed by atoms with Crippen molar-refractivity contribution >= 4 is 16.9 Å². The summed E-state index contributed by atoms with van der Waals surface area (Å²) in [6, 6.07) is 3.26. The van der Waals surface area contributed by atoms with Gasteiger partial charge < -0.3 is 23.7 Å². The molecule has 1 aromatic carbocycles. The van der Waals surface area contributed by atoms with E-state index in [4.69, 9.17) is 14.2 Å². The number of nitrogens with zero attached hydrogens (tertiary/aromatic N) is 2. The van der Waals surface area contributed by atoms with Crippen molar-refractivity contribution in [3.63, 3.8) is 0 Å². The zero-order valence-electron chi connectivity index (χ0n) is 16.2. The third kappa shape index (κ3) is 3.92. The van der Waals surface area contributed by atoms with E-state index in [1.807, 2.05) is 20.8 Å². The fourth-order valence-corrected chi connectivity index (χ4v) is 2.79. The lowest BCUT2D eigenvalue weighted by molar-refractivity contribution is 0.158. The average Bonchev–Trinajstić information content (AvgIpc) is 2.62. The molecule has 0 aliphatic rings. The van der Waals surface area contributed by atoms with E-state index in [-0.39, 0.29) is 5.56 Å². The molecule has 0 spiro atoms. The van der Waals surface area contributed by atoms with Crippen LogP contribution < -0.4 is 19.8 Å². The first kappa shape index (κ1) is 19.6. The Labute approximate surface area is 153 Å². The van der Waals surface area contributed by atoms with E-state index in [1.165, 1.54) is 23.7 Å². The fourth-order valence-electron chi connectivity index (χ4n) is 2.79. The summed E-state index contributed by atoms with van der Waals surface area (Å²) < 4.78 is 17.7. The van der Waals surface area contributed by atoms with Gasteiger partial charge in [-0.05, 0) is 25.0 Å². The normalized spacial score (nSPS) is 10.9. The van der Waals surface area contributed by atoms with Crippen molar-refractivity contribution in [1.29, 1.82) is 0 Å². The quantitative estimate of drug-likeness (QED) is 0.790. The van der Waals surface area contributed by atoms with E-state index in [1.54, 1.807) is 25.4 Å². The van der Waals surface area contributed by atoms with Gasteiger partial charge in [0, 0.05) is 25.5 Å². The zero-order chi connectivity index (χ0) is 19.4. The molecule has 1 amide bonds. The van der Waals surface area contributed by atoms with Gasteiger partial charge in [0.1, 0.15) is 0 Å². The van der Waals surface area contributed by atoms with Gasteiger partial charge >= 0.3 is 6.09 Å². The molecule has 0 fully saturated rings. The minimum atomic E-state index is -0.476. The SMILES string of the molecule is CCn1cc(OC(=O)N(C)CC(C)C)c2cc(OC)c(OC)cc2c1=O. The Morgan fingerprint density at radius 2 is 1.69 bits per heavy atom. The predicted octanol–water partition coefficient (Wildman–Crippen LogP) is 3.13. The number of fused-ring (bicyclic) bond motifs is 1. The number of pyridine rings is 1. The van der Waals surface area contributed by atoms with Gasteiger partial charge in [0.25, 0.3) is 5.56 Å². The summed E-state index contributed by atoms with van der Waals surface area (Å²) in [6.07, 6.45) is 1.08. The third-order valence-electron chi connectivity index (χ3n) is 4.04. The molecule has 1 heterocycles. The van der Waals surface area contributed by atoms with Crippen LogP contribution in [0.15, 0.2) is 23.1 Å². The number of aromatic nitrogens is 1. The molecular formula is C19H26N2O5. The van der Waals surface area contributed by atoms with Gasteiger partial charge in [0.05, 0.1) is 25.8 Å². The Bertz CT molecular complexity index is 857. The molecule has 2 aromatic rings. The van der Waals surface area contributed by atoms with Gasteiger partial charge in [0.2, 0.25) is 0 Å². The van der Waals surface area contributed by atoms with Crippen LogP contribution in [-0.2, 0) is 6.54 Å². The van der Waals surface area contributed by atoms with Crippen LogP contribution in [0, 0.1) is 5.92 Å². The highest BCUT2D eigenvalue weighted by Crippen LogP contribution is 2.35. The minimum Gasteiger partial charge on any atom is -0.493 e. The molecule has 0 aliphatic heterocycles. The lowest BCUT2D eigenvalue weighted by Gasteiger charge is -2.20. The summed E-state index contributed by atoms with van der Waals surface area (Å²) in [5.74, 6) is 1.53. The van der Waals surface area contributed by atoms with Crippen molar-refractivity contribution in [1.82, 2.24) is 9.47 Å². The highest BCUT2D eigenvalue weighted by Gasteiger charge is 2.19. The molecule has 0 saturated heterocycles. The average molecular weight is 362 g/mol. The van der Waals surface area contributed by atoms with Gasteiger partial charge in [0.15, 0.2) is 17.2 Å². The van der Waals surface area contributed by atoms with Crippen LogP contribution in [0.5, 0.6) is 17.2 Å². The molecule has 2 rings (SSSR count). The summed E-state index contributed by atoms with van der Waals surface area (Å²) in [5, 5.41) is 0.907. The molecule has 0 saturated carbocycles. The Morgan fingerprint density at radius 3 is 2.19 bits per heavy atom. The van der Waals surface area contributed by atoms with Crippen LogP contribution in [0.25, 0.3) is 10.8 Å². The standard InChI is InChI=1S/C19H26N2O5/c1-7-21-11-17(26-19(23)20(4)10-12(2)3)13-8-15(24-5)16(25-6)9-14(13)18(21)22/h8-9,11-12H,7,10H2,1-6H3. The molecule has 7 nitrogen and oxygen atoms in total. The van der Waals surface area contributed by atoms with Crippen molar-refractivity contribution in [3.05, 3.63) is 28.7 Å². The van der Waals surface area contributed by atoms with Crippen LogP contribution in [0.2, 0.25) is 0 Å². The summed E-state index contributed by atoms with van der Waals surface area (Å²) in [4.78, 5) is 26.6. The zero-order valence-corrected chi connectivity index (χ0v) is 16.2. The number of amides is 1. The number of hydrogen-bond acceptors (Lipinski definition) is 5. The van der Waals surface area contributed by atoms with E-state index < -0.39 is 6.09 Å². The smallest absolute Gasteiger partial charge is 0.415 e. The third-order valence-corrected chi connectivity index (χ3v) is 4.04. The van der Waals surface area contributed by atoms with Crippen LogP contribution in [0.4, 0.5) is 4.79 Å². The minimum absolute atomic E-state index is 0.182. The van der Waals surface area contributed by atoms with E-state index in [2.05, 4.69) is 0 Å². The van der Waals surface area contributed by atoms with Gasteiger partial charge in [-0.25, -0.2) is 4.79 Å². The first-order chi connectivity index (χ1) is 12.3. The van der Waals surface area contributed by atoms with Crippen LogP contribution in [0.1, 0.15) is 20.8 Å². The molecule has 0 bridgehead atoms. The number of methoxy groups -OCH3 is 2. The largest absolute Gasteiger partial charge is 0.493 e. The summed E-state index contributed by atoms with van der Waals surface area (Å²) in [7, 11) is 4.70. The van der Waals surface area contributed by atoms with Gasteiger partial charge in [-0.2, -0.15) is 0 Å². The molecule has 142 valence electrons. The fraction of sp³-hybridized carbons (Fsp3) is 0.474.